The largest absolute Gasteiger partial charge is 0.360 e. The lowest BCUT2D eigenvalue weighted by Gasteiger charge is -2.16. The Hall–Kier alpha value is -0.540. The van der Waals surface area contributed by atoms with Crippen LogP contribution in [0.5, 0.6) is 0 Å². The number of halogens is 2. The highest BCUT2D eigenvalue weighted by Crippen LogP contribution is 2.29. The Bertz CT molecular complexity index is 417. The van der Waals surface area contributed by atoms with Crippen LogP contribution in [0, 0.1) is 0 Å². The summed E-state index contributed by atoms with van der Waals surface area (Å²) in [7, 11) is 0. The number of likely N-dealkylation sites (tertiary alicyclic amines) is 1. The first-order valence-corrected chi connectivity index (χ1v) is 6.65. The summed E-state index contributed by atoms with van der Waals surface area (Å²) in [5.41, 5.74) is 0.958. The number of nitrogens with zero attached hydrogens (tertiary/aromatic N) is 2. The molecule has 1 aliphatic heterocycles. The van der Waals surface area contributed by atoms with Gasteiger partial charge in [0.25, 0.3) is 0 Å². The Morgan fingerprint density at radius 3 is 3.00 bits per heavy atom. The molecule has 1 aliphatic rings. The average molecular weight is 302 g/mol. The molecule has 16 heavy (non-hydrogen) atoms. The van der Waals surface area contributed by atoms with Crippen LogP contribution in [0.4, 0.5) is 5.69 Å². The van der Waals surface area contributed by atoms with Gasteiger partial charge in [0, 0.05) is 29.0 Å². The van der Waals surface area contributed by atoms with E-state index in [0.717, 1.165) is 34.7 Å². The van der Waals surface area contributed by atoms with Crippen LogP contribution in [-0.2, 0) is 0 Å². The average Bonchev–Trinajstić information content (AvgIpc) is 2.69. The van der Waals surface area contributed by atoms with Gasteiger partial charge < -0.3 is 4.90 Å². The number of hydrogen-bond donors (Lipinski definition) is 0. The van der Waals surface area contributed by atoms with Crippen molar-refractivity contribution < 1.29 is 0 Å². The second-order valence-corrected chi connectivity index (χ2v) is 5.10. The number of hydrogen-bond acceptors (Lipinski definition) is 1. The van der Waals surface area contributed by atoms with E-state index in [9.17, 15) is 0 Å². The molecule has 0 unspecified atom stereocenters. The molecule has 2 nitrogen and oxygen atoms in total. The van der Waals surface area contributed by atoms with E-state index in [1.165, 1.54) is 12.3 Å². The summed E-state index contributed by atoms with van der Waals surface area (Å²) in [4.78, 5) is 7.01. The third kappa shape index (κ3) is 2.58. The van der Waals surface area contributed by atoms with Crippen LogP contribution >= 0.6 is 27.5 Å². The number of aliphatic imine (C=N–C) groups is 1. The Balaban J connectivity index is 2.28. The van der Waals surface area contributed by atoms with Crippen LogP contribution in [0.1, 0.15) is 19.8 Å². The Morgan fingerprint density at radius 1 is 1.50 bits per heavy atom. The van der Waals surface area contributed by atoms with Crippen LogP contribution in [0.2, 0.25) is 5.02 Å². The molecule has 0 spiro atoms. The lowest BCUT2D eigenvalue weighted by molar-refractivity contribution is 0.479. The highest BCUT2D eigenvalue weighted by atomic mass is 79.9. The summed E-state index contributed by atoms with van der Waals surface area (Å²) in [6.45, 7) is 4.32. The number of amidine groups is 1. The lowest BCUT2D eigenvalue weighted by atomic mass is 10.3. The molecule has 86 valence electrons. The molecule has 0 amide bonds. The highest BCUT2D eigenvalue weighted by molar-refractivity contribution is 9.10. The van der Waals surface area contributed by atoms with Gasteiger partial charge in [-0.1, -0.05) is 11.6 Å². The zero-order valence-electron chi connectivity index (χ0n) is 9.21. The molecule has 1 heterocycles. The third-order valence-corrected chi connectivity index (χ3v) is 3.60. The summed E-state index contributed by atoms with van der Waals surface area (Å²) in [6.07, 6.45) is 2.28. The van der Waals surface area contributed by atoms with E-state index < -0.39 is 0 Å². The zero-order chi connectivity index (χ0) is 11.5. The van der Waals surface area contributed by atoms with Crippen molar-refractivity contribution >= 4 is 39.1 Å². The minimum Gasteiger partial charge on any atom is -0.360 e. The summed E-state index contributed by atoms with van der Waals surface area (Å²) in [6, 6.07) is 5.70. The fourth-order valence-corrected chi connectivity index (χ4v) is 2.66. The molecule has 1 fully saturated rings. The van der Waals surface area contributed by atoms with Crippen LogP contribution in [-0.4, -0.2) is 23.8 Å². The maximum Gasteiger partial charge on any atom is 0.105 e. The van der Waals surface area contributed by atoms with Crippen molar-refractivity contribution in [3.8, 4) is 0 Å². The van der Waals surface area contributed by atoms with Crippen molar-refractivity contribution in [3.63, 3.8) is 0 Å². The first-order valence-electron chi connectivity index (χ1n) is 5.48. The number of rotatable bonds is 2. The summed E-state index contributed by atoms with van der Waals surface area (Å²) >= 11 is 9.39. The van der Waals surface area contributed by atoms with Gasteiger partial charge in [-0.05, 0) is 47.5 Å². The van der Waals surface area contributed by atoms with Crippen LogP contribution < -0.4 is 0 Å². The molecule has 0 aliphatic carbocycles. The van der Waals surface area contributed by atoms with Gasteiger partial charge >= 0.3 is 0 Å². The molecule has 2 rings (SSSR count). The quantitative estimate of drug-likeness (QED) is 0.797. The number of benzene rings is 1. The molecule has 1 aromatic rings. The predicted molar refractivity (Wildman–Crippen MR) is 72.7 cm³/mol. The molecule has 0 atom stereocenters. The first-order chi connectivity index (χ1) is 7.70. The van der Waals surface area contributed by atoms with Gasteiger partial charge in [-0.15, -0.1) is 0 Å². The predicted octanol–water partition coefficient (Wildman–Crippen LogP) is 4.25. The van der Waals surface area contributed by atoms with E-state index in [2.05, 4.69) is 32.7 Å². The van der Waals surface area contributed by atoms with Crippen molar-refractivity contribution in [3.05, 3.63) is 27.7 Å². The van der Waals surface area contributed by atoms with E-state index in [4.69, 9.17) is 11.6 Å². The van der Waals surface area contributed by atoms with Crippen LogP contribution in [0.3, 0.4) is 0 Å². The van der Waals surface area contributed by atoms with Crippen molar-refractivity contribution in [2.24, 2.45) is 4.99 Å². The maximum atomic E-state index is 5.90. The van der Waals surface area contributed by atoms with E-state index >= 15 is 0 Å². The molecule has 0 aromatic heterocycles. The third-order valence-electron chi connectivity index (χ3n) is 2.73. The smallest absolute Gasteiger partial charge is 0.105 e. The highest BCUT2D eigenvalue weighted by Gasteiger charge is 2.16. The molecule has 4 heteroatoms. The van der Waals surface area contributed by atoms with E-state index in [1.807, 2.05) is 18.2 Å². The topological polar surface area (TPSA) is 15.6 Å². The van der Waals surface area contributed by atoms with Crippen molar-refractivity contribution in [1.82, 2.24) is 4.90 Å². The standard InChI is InChI=1S/C12H14BrClN2/c1-2-16-7-3-4-12(16)15-11-6-5-9(14)8-10(11)13/h5-6,8H,2-4,7H2,1H3. The molecule has 0 N–H and O–H groups in total. The minimum absolute atomic E-state index is 0.731. The fourth-order valence-electron chi connectivity index (χ4n) is 1.89. The lowest BCUT2D eigenvalue weighted by Crippen LogP contribution is -2.23. The SMILES string of the molecule is CCN1CCCC1=Nc1ccc(Cl)cc1Br. The van der Waals surface area contributed by atoms with Crippen molar-refractivity contribution in [2.45, 2.75) is 19.8 Å². The van der Waals surface area contributed by atoms with Gasteiger partial charge in [-0.3, -0.25) is 0 Å². The molecule has 0 radical (unpaired) electrons. The second kappa shape index (κ2) is 5.19. The van der Waals surface area contributed by atoms with E-state index in [0.29, 0.717) is 0 Å². The van der Waals surface area contributed by atoms with Gasteiger partial charge in [0.05, 0.1) is 5.69 Å². The molecular formula is C12H14BrClN2. The van der Waals surface area contributed by atoms with E-state index in [1.54, 1.807) is 0 Å². The fraction of sp³-hybridized carbons (Fsp3) is 0.417. The maximum absolute atomic E-state index is 5.90. The minimum atomic E-state index is 0.731. The van der Waals surface area contributed by atoms with Gasteiger partial charge in [-0.25, -0.2) is 4.99 Å². The summed E-state index contributed by atoms with van der Waals surface area (Å²) < 4.78 is 0.954. The van der Waals surface area contributed by atoms with Crippen LogP contribution in [0.15, 0.2) is 27.7 Å². The van der Waals surface area contributed by atoms with Gasteiger partial charge in [-0.2, -0.15) is 0 Å². The normalized spacial score (nSPS) is 18.4. The molecule has 0 bridgehead atoms. The van der Waals surface area contributed by atoms with Crippen LogP contribution in [0.25, 0.3) is 0 Å². The van der Waals surface area contributed by atoms with Gasteiger partial charge in [0.1, 0.15) is 5.84 Å². The van der Waals surface area contributed by atoms with Crippen molar-refractivity contribution in [2.75, 3.05) is 13.1 Å². The Kier molecular flexibility index (Phi) is 3.87. The first kappa shape index (κ1) is 11.9. The summed E-state index contributed by atoms with van der Waals surface area (Å²) in [5, 5.41) is 0.731. The summed E-state index contributed by atoms with van der Waals surface area (Å²) in [5.74, 6) is 1.19. The molecule has 0 saturated carbocycles. The van der Waals surface area contributed by atoms with Crippen molar-refractivity contribution in [1.29, 1.82) is 0 Å². The van der Waals surface area contributed by atoms with E-state index in [-0.39, 0.29) is 0 Å². The molecule has 1 saturated heterocycles. The monoisotopic (exact) mass is 300 g/mol. The molecule has 1 aromatic carbocycles. The second-order valence-electron chi connectivity index (χ2n) is 3.81. The van der Waals surface area contributed by atoms with Gasteiger partial charge in [0.2, 0.25) is 0 Å². The Labute approximate surface area is 109 Å². The zero-order valence-corrected chi connectivity index (χ0v) is 11.6. The molecular weight excluding hydrogens is 288 g/mol. The van der Waals surface area contributed by atoms with Gasteiger partial charge in [0.15, 0.2) is 0 Å². The Morgan fingerprint density at radius 2 is 2.31 bits per heavy atom.